The summed E-state index contributed by atoms with van der Waals surface area (Å²) in [5.74, 6) is -1.52. The van der Waals surface area contributed by atoms with Gasteiger partial charge in [0, 0.05) is 19.3 Å². The Morgan fingerprint density at radius 3 is 1.57 bits per heavy atom. The van der Waals surface area contributed by atoms with Crippen LogP contribution in [0, 0.1) is 0 Å². The van der Waals surface area contributed by atoms with E-state index in [4.69, 9.17) is 14.2 Å². The van der Waals surface area contributed by atoms with E-state index >= 15 is 0 Å². The van der Waals surface area contributed by atoms with Crippen molar-refractivity contribution in [1.82, 2.24) is 0 Å². The van der Waals surface area contributed by atoms with Crippen molar-refractivity contribution in [3.63, 3.8) is 0 Å². The summed E-state index contributed by atoms with van der Waals surface area (Å²) in [5.41, 5.74) is 0. The predicted molar refractivity (Wildman–Crippen MR) is 220 cm³/mol. The van der Waals surface area contributed by atoms with Gasteiger partial charge in [0.15, 0.2) is 12.1 Å². The molecule has 53 heavy (non-hydrogen) atoms. The third kappa shape index (κ3) is 34.8. The Hall–Kier alpha value is -2.71. The van der Waals surface area contributed by atoms with Crippen molar-refractivity contribution in [1.29, 1.82) is 0 Å². The molecular weight excluding hydrogens is 666 g/mol. The third-order valence-electron chi connectivity index (χ3n) is 9.34. The van der Waals surface area contributed by atoms with Gasteiger partial charge >= 0.3 is 17.9 Å². The molecule has 0 amide bonds. The number of carbonyl (C=O) groups is 3. The second-order valence-corrected chi connectivity index (χ2v) is 15.3. The Labute approximate surface area is 325 Å². The predicted octanol–water partition coefficient (Wildman–Crippen LogP) is 11.2. The number of aliphatic carboxylic acids is 1. The second-order valence-electron chi connectivity index (χ2n) is 15.3. The monoisotopic (exact) mass is 747 g/mol. The van der Waals surface area contributed by atoms with Crippen LogP contribution < -0.4 is 0 Å². The number of rotatable bonds is 37. The molecule has 0 heterocycles. The fourth-order valence-corrected chi connectivity index (χ4v) is 6.04. The van der Waals surface area contributed by atoms with Crippen LogP contribution in [0.3, 0.4) is 0 Å². The van der Waals surface area contributed by atoms with E-state index < -0.39 is 18.1 Å². The second kappa shape index (κ2) is 36.3. The molecule has 2 atom stereocenters. The average Bonchev–Trinajstić information content (AvgIpc) is 3.11. The SMILES string of the molecule is CC/C=C/C=C/C=C/C=C/CCCCCC(=O)OC(COCCC(C(=O)O)[N+](C)(C)C)COC(=O)CCCCCCCCCCCCCCCCCC. The van der Waals surface area contributed by atoms with Gasteiger partial charge in [-0.25, -0.2) is 4.79 Å². The van der Waals surface area contributed by atoms with E-state index in [1.165, 1.54) is 83.5 Å². The maximum Gasteiger partial charge on any atom is 0.362 e. The van der Waals surface area contributed by atoms with Gasteiger partial charge in [0.1, 0.15) is 6.61 Å². The maximum absolute atomic E-state index is 12.7. The van der Waals surface area contributed by atoms with Crippen LogP contribution in [0.1, 0.15) is 168 Å². The van der Waals surface area contributed by atoms with Crippen molar-refractivity contribution in [2.75, 3.05) is 41.0 Å². The molecule has 0 bridgehead atoms. The lowest BCUT2D eigenvalue weighted by Crippen LogP contribution is -2.50. The molecule has 0 radical (unpaired) electrons. The zero-order valence-corrected chi connectivity index (χ0v) is 34.7. The number of quaternary nitrogens is 1. The average molecular weight is 747 g/mol. The number of ether oxygens (including phenoxy) is 3. The summed E-state index contributed by atoms with van der Waals surface area (Å²) >= 11 is 0. The van der Waals surface area contributed by atoms with Crippen LogP contribution in [0.5, 0.6) is 0 Å². The Bertz CT molecular complexity index is 1010. The van der Waals surface area contributed by atoms with Gasteiger partial charge in [-0.3, -0.25) is 9.59 Å². The number of likely N-dealkylation sites (N-methyl/N-ethyl adjacent to an activating group) is 1. The van der Waals surface area contributed by atoms with E-state index in [0.717, 1.165) is 44.9 Å². The van der Waals surface area contributed by atoms with Crippen molar-refractivity contribution in [3.8, 4) is 0 Å². The topological polar surface area (TPSA) is 99.1 Å². The zero-order chi connectivity index (χ0) is 39.3. The van der Waals surface area contributed by atoms with Crippen LogP contribution in [-0.4, -0.2) is 80.6 Å². The molecule has 0 fully saturated rings. The first-order valence-corrected chi connectivity index (χ1v) is 21.2. The van der Waals surface area contributed by atoms with E-state index in [0.29, 0.717) is 19.3 Å². The van der Waals surface area contributed by atoms with Gasteiger partial charge in [-0.15, -0.1) is 0 Å². The molecule has 0 aromatic rings. The maximum atomic E-state index is 12.7. The molecule has 0 saturated carbocycles. The molecule has 1 N–H and O–H groups in total. The van der Waals surface area contributed by atoms with Gasteiger partial charge < -0.3 is 23.8 Å². The van der Waals surface area contributed by atoms with Gasteiger partial charge in [-0.05, 0) is 32.1 Å². The van der Waals surface area contributed by atoms with Crippen LogP contribution in [-0.2, 0) is 28.6 Å². The first kappa shape index (κ1) is 50.3. The van der Waals surface area contributed by atoms with E-state index in [2.05, 4.69) is 26.0 Å². The summed E-state index contributed by atoms with van der Waals surface area (Å²) in [4.78, 5) is 36.9. The molecule has 0 spiro atoms. The summed E-state index contributed by atoms with van der Waals surface area (Å²) in [6.45, 7) is 4.55. The lowest BCUT2D eigenvalue weighted by atomic mass is 10.0. The van der Waals surface area contributed by atoms with Crippen molar-refractivity contribution in [2.45, 2.75) is 180 Å². The molecule has 0 aliphatic heterocycles. The van der Waals surface area contributed by atoms with Crippen LogP contribution in [0.4, 0.5) is 0 Å². The highest BCUT2D eigenvalue weighted by molar-refractivity contribution is 5.72. The number of hydrogen-bond donors (Lipinski definition) is 1. The van der Waals surface area contributed by atoms with Gasteiger partial charge in [0.2, 0.25) is 0 Å². The minimum Gasteiger partial charge on any atom is -0.477 e. The lowest BCUT2D eigenvalue weighted by molar-refractivity contribution is -0.887. The molecule has 8 heteroatoms. The standard InChI is InChI=1S/C45H79NO7/c1-6-8-10-12-14-16-18-20-21-22-24-25-27-29-31-33-35-43(47)52-40-41(39-51-38-37-42(45(49)50)46(3,4)5)53-44(48)36-34-32-30-28-26-23-19-17-15-13-11-9-7-2/h9,11,13,15,17,19,23,26,41-42H,6-8,10,12,14,16,18,20-22,24-25,27-40H2,1-5H3/p+1/b11-9+,15-13+,19-17+,26-23+. The molecular formula is C45H80NO7+. The highest BCUT2D eigenvalue weighted by atomic mass is 16.6. The summed E-state index contributed by atoms with van der Waals surface area (Å²) in [6.07, 6.45) is 41.6. The van der Waals surface area contributed by atoms with Crippen molar-refractivity contribution in [2.24, 2.45) is 0 Å². The molecule has 0 aliphatic carbocycles. The summed E-state index contributed by atoms with van der Waals surface area (Å²) in [5, 5.41) is 9.60. The van der Waals surface area contributed by atoms with E-state index in [9.17, 15) is 19.5 Å². The summed E-state index contributed by atoms with van der Waals surface area (Å²) in [7, 11) is 5.50. The zero-order valence-electron chi connectivity index (χ0n) is 34.7. The molecule has 0 aliphatic rings. The Balaban J connectivity index is 4.39. The smallest absolute Gasteiger partial charge is 0.362 e. The number of carboxylic acids is 1. The Kier molecular flexibility index (Phi) is 34.4. The van der Waals surface area contributed by atoms with Crippen LogP contribution in [0.25, 0.3) is 0 Å². The number of allylic oxidation sites excluding steroid dienone is 8. The third-order valence-corrected chi connectivity index (χ3v) is 9.34. The largest absolute Gasteiger partial charge is 0.477 e. The number of carboxylic acid groups (broad SMARTS) is 1. The number of unbranched alkanes of at least 4 members (excludes halogenated alkanes) is 18. The van der Waals surface area contributed by atoms with Gasteiger partial charge in [-0.2, -0.15) is 0 Å². The molecule has 306 valence electrons. The minimum absolute atomic E-state index is 0.0456. The quantitative estimate of drug-likeness (QED) is 0.0292. The molecule has 0 aromatic heterocycles. The number of nitrogens with zero attached hydrogens (tertiary/aromatic N) is 1. The molecule has 0 saturated heterocycles. The Morgan fingerprint density at radius 2 is 1.06 bits per heavy atom. The summed E-state index contributed by atoms with van der Waals surface area (Å²) in [6, 6.07) is -0.621. The lowest BCUT2D eigenvalue weighted by Gasteiger charge is -2.31. The van der Waals surface area contributed by atoms with E-state index in [1.54, 1.807) is 0 Å². The first-order chi connectivity index (χ1) is 25.6. The fourth-order valence-electron chi connectivity index (χ4n) is 6.04. The van der Waals surface area contributed by atoms with Crippen LogP contribution in [0.2, 0.25) is 0 Å². The first-order valence-electron chi connectivity index (χ1n) is 21.2. The van der Waals surface area contributed by atoms with Gasteiger partial charge in [-0.1, -0.05) is 165 Å². The van der Waals surface area contributed by atoms with Crippen molar-refractivity contribution in [3.05, 3.63) is 48.6 Å². The number of carbonyl (C=O) groups excluding carboxylic acids is 2. The van der Waals surface area contributed by atoms with Crippen LogP contribution in [0.15, 0.2) is 48.6 Å². The summed E-state index contributed by atoms with van der Waals surface area (Å²) < 4.78 is 17.2. The van der Waals surface area contributed by atoms with Gasteiger partial charge in [0.05, 0.1) is 34.4 Å². The van der Waals surface area contributed by atoms with Crippen molar-refractivity contribution >= 4 is 17.9 Å². The minimum atomic E-state index is -0.883. The highest BCUT2D eigenvalue weighted by Gasteiger charge is 2.31. The Morgan fingerprint density at radius 1 is 0.585 bits per heavy atom. The van der Waals surface area contributed by atoms with E-state index in [1.807, 2.05) is 57.6 Å². The normalized spacial score (nSPS) is 13.5. The van der Waals surface area contributed by atoms with Gasteiger partial charge in [0.25, 0.3) is 0 Å². The van der Waals surface area contributed by atoms with Crippen LogP contribution >= 0.6 is 0 Å². The highest BCUT2D eigenvalue weighted by Crippen LogP contribution is 2.15. The molecule has 0 rings (SSSR count). The van der Waals surface area contributed by atoms with E-state index in [-0.39, 0.29) is 42.7 Å². The molecule has 0 aromatic carbocycles. The van der Waals surface area contributed by atoms with Crippen molar-refractivity contribution < 1.29 is 38.2 Å². The fraction of sp³-hybridized carbons (Fsp3) is 0.756. The molecule has 8 nitrogen and oxygen atoms in total. The number of hydrogen-bond acceptors (Lipinski definition) is 6. The number of esters is 2. The molecule has 2 unspecified atom stereocenters.